The first-order valence-corrected chi connectivity index (χ1v) is 9.97. The Labute approximate surface area is 182 Å². The molecule has 0 unspecified atom stereocenters. The van der Waals surface area contributed by atoms with E-state index in [1.54, 1.807) is 12.1 Å². The summed E-state index contributed by atoms with van der Waals surface area (Å²) in [6.45, 7) is -2.48. The van der Waals surface area contributed by atoms with E-state index in [4.69, 9.17) is 27.9 Å². The lowest BCUT2D eigenvalue weighted by Crippen LogP contribution is -2.40. The van der Waals surface area contributed by atoms with Crippen LogP contribution in [0.4, 0.5) is 8.78 Å². The van der Waals surface area contributed by atoms with Crippen LogP contribution in [0.3, 0.4) is 0 Å². The molecule has 0 atom stereocenters. The minimum absolute atomic E-state index is 0.0103. The highest BCUT2D eigenvalue weighted by molar-refractivity contribution is 6.42. The van der Waals surface area contributed by atoms with E-state index in [2.05, 4.69) is 4.74 Å². The van der Waals surface area contributed by atoms with Gasteiger partial charge in [-0.05, 0) is 43.2 Å². The molecule has 1 heterocycles. The molecule has 0 radical (unpaired) electrons. The number of para-hydroxylation sites is 1. The number of rotatable bonds is 6. The third kappa shape index (κ3) is 4.84. The van der Waals surface area contributed by atoms with Crippen molar-refractivity contribution in [2.75, 3.05) is 20.2 Å². The summed E-state index contributed by atoms with van der Waals surface area (Å²) in [6.07, 6.45) is 0.889. The largest absolute Gasteiger partial charge is 0.493 e. The van der Waals surface area contributed by atoms with Crippen LogP contribution in [0.25, 0.3) is 0 Å². The van der Waals surface area contributed by atoms with Crippen LogP contribution in [-0.4, -0.2) is 43.4 Å². The molecule has 1 fully saturated rings. The van der Waals surface area contributed by atoms with Crippen molar-refractivity contribution in [3.8, 4) is 11.5 Å². The van der Waals surface area contributed by atoms with E-state index in [1.807, 2.05) is 0 Å². The Morgan fingerprint density at radius 1 is 1.10 bits per heavy atom. The van der Waals surface area contributed by atoms with E-state index >= 15 is 0 Å². The Kier molecular flexibility index (Phi) is 7.15. The van der Waals surface area contributed by atoms with Crippen molar-refractivity contribution in [2.45, 2.75) is 19.5 Å². The van der Waals surface area contributed by atoms with E-state index in [-0.39, 0.29) is 28.8 Å². The third-order valence-corrected chi connectivity index (χ3v) is 5.73. The highest BCUT2D eigenvalue weighted by atomic mass is 35.5. The van der Waals surface area contributed by atoms with Crippen molar-refractivity contribution in [1.82, 2.24) is 4.90 Å². The number of halogens is 4. The van der Waals surface area contributed by atoms with Gasteiger partial charge in [-0.3, -0.25) is 9.59 Å². The number of ether oxygens (including phenoxy) is 2. The zero-order chi connectivity index (χ0) is 21.8. The lowest BCUT2D eigenvalue weighted by Gasteiger charge is -2.32. The molecular weight excluding hydrogens is 439 g/mol. The maximum absolute atomic E-state index is 12.9. The summed E-state index contributed by atoms with van der Waals surface area (Å²) in [5.41, 5.74) is 0.457. The summed E-state index contributed by atoms with van der Waals surface area (Å²) < 4.78 is 35.2. The molecule has 5 nitrogen and oxygen atoms in total. The summed E-state index contributed by atoms with van der Waals surface area (Å²) in [7, 11) is 1.31. The predicted octanol–water partition coefficient (Wildman–Crippen LogP) is 5.34. The molecule has 0 aliphatic carbocycles. The molecular formula is C21H19Cl2F2NO4. The molecule has 1 aliphatic heterocycles. The highest BCUT2D eigenvalue weighted by Gasteiger charge is 2.31. The molecule has 0 spiro atoms. The Bertz CT molecular complexity index is 947. The van der Waals surface area contributed by atoms with Gasteiger partial charge in [-0.25, -0.2) is 0 Å². The molecule has 2 aromatic carbocycles. The van der Waals surface area contributed by atoms with Crippen LogP contribution in [0.5, 0.6) is 11.5 Å². The maximum Gasteiger partial charge on any atom is 0.387 e. The van der Waals surface area contributed by atoms with Gasteiger partial charge in [0, 0.05) is 24.6 Å². The number of carbonyl (C=O) groups excluding carboxylic acids is 2. The molecule has 0 aromatic heterocycles. The van der Waals surface area contributed by atoms with Crippen LogP contribution in [0.1, 0.15) is 33.6 Å². The third-order valence-electron chi connectivity index (χ3n) is 4.99. The molecule has 1 aliphatic rings. The molecule has 0 N–H and O–H groups in total. The van der Waals surface area contributed by atoms with Crippen molar-refractivity contribution in [1.29, 1.82) is 0 Å². The number of nitrogens with zero attached hydrogens (tertiary/aromatic N) is 1. The lowest BCUT2D eigenvalue weighted by molar-refractivity contribution is -0.0517. The van der Waals surface area contributed by atoms with Gasteiger partial charge >= 0.3 is 6.61 Å². The monoisotopic (exact) mass is 457 g/mol. The molecule has 30 heavy (non-hydrogen) atoms. The minimum Gasteiger partial charge on any atom is -0.493 e. The van der Waals surface area contributed by atoms with E-state index in [9.17, 15) is 18.4 Å². The first-order valence-electron chi connectivity index (χ1n) is 9.22. The molecule has 9 heteroatoms. The molecule has 0 bridgehead atoms. The summed E-state index contributed by atoms with van der Waals surface area (Å²) in [5.74, 6) is -1.04. The molecule has 2 aromatic rings. The average molecular weight is 458 g/mol. The van der Waals surface area contributed by atoms with Crippen molar-refractivity contribution in [3.63, 3.8) is 0 Å². The van der Waals surface area contributed by atoms with Crippen LogP contribution in [-0.2, 0) is 0 Å². The van der Waals surface area contributed by atoms with E-state index < -0.39 is 12.5 Å². The zero-order valence-electron chi connectivity index (χ0n) is 16.0. The maximum atomic E-state index is 12.9. The van der Waals surface area contributed by atoms with Crippen molar-refractivity contribution >= 4 is 34.9 Å². The number of piperidine rings is 1. The molecule has 0 saturated carbocycles. The van der Waals surface area contributed by atoms with Crippen LogP contribution < -0.4 is 9.47 Å². The smallest absolute Gasteiger partial charge is 0.387 e. The van der Waals surface area contributed by atoms with E-state index in [1.165, 1.54) is 36.3 Å². The van der Waals surface area contributed by atoms with Crippen molar-refractivity contribution in [3.05, 3.63) is 57.6 Å². The van der Waals surface area contributed by atoms with Crippen LogP contribution in [0.2, 0.25) is 10.0 Å². The fourth-order valence-electron chi connectivity index (χ4n) is 3.46. The summed E-state index contributed by atoms with van der Waals surface area (Å²) in [4.78, 5) is 27.2. The number of hydrogen-bond donors (Lipinski definition) is 0. The standard InChI is InChI=1S/C21H19Cl2F2NO4/c1-29-17-4-2-3-14(19(17)30-21(24)25)20(28)26-9-7-12(8-10-26)18(27)13-5-6-15(22)16(23)11-13/h2-6,11-12,21H,7-10H2,1H3. The molecule has 160 valence electrons. The SMILES string of the molecule is COc1cccc(C(=O)N2CCC(C(=O)c3ccc(Cl)c(Cl)c3)CC2)c1OC(F)F. The van der Waals surface area contributed by atoms with Gasteiger partial charge in [0.15, 0.2) is 17.3 Å². The number of hydrogen-bond acceptors (Lipinski definition) is 4. The van der Waals surface area contributed by atoms with E-state index in [0.29, 0.717) is 41.5 Å². The number of methoxy groups -OCH3 is 1. The van der Waals surface area contributed by atoms with E-state index in [0.717, 1.165) is 0 Å². The van der Waals surface area contributed by atoms with Gasteiger partial charge in [0.05, 0.1) is 22.7 Å². The highest BCUT2D eigenvalue weighted by Crippen LogP contribution is 2.34. The second-order valence-electron chi connectivity index (χ2n) is 6.78. The Morgan fingerprint density at radius 3 is 2.40 bits per heavy atom. The van der Waals surface area contributed by atoms with Crippen LogP contribution in [0.15, 0.2) is 36.4 Å². The molecule has 3 rings (SSSR count). The van der Waals surface area contributed by atoms with Gasteiger partial charge in [0.25, 0.3) is 5.91 Å². The van der Waals surface area contributed by atoms with Crippen LogP contribution in [0, 0.1) is 5.92 Å². The quantitative estimate of drug-likeness (QED) is 0.549. The van der Waals surface area contributed by atoms with Crippen LogP contribution >= 0.6 is 23.2 Å². The normalized spacial score (nSPS) is 14.7. The fourth-order valence-corrected chi connectivity index (χ4v) is 3.75. The Balaban J connectivity index is 1.71. The second kappa shape index (κ2) is 9.62. The number of amides is 1. The van der Waals surface area contributed by atoms with Gasteiger partial charge in [0.1, 0.15) is 0 Å². The summed E-state index contributed by atoms with van der Waals surface area (Å²) >= 11 is 11.9. The number of ketones is 1. The van der Waals surface area contributed by atoms with Gasteiger partial charge in [0.2, 0.25) is 0 Å². The molecule has 1 saturated heterocycles. The first kappa shape index (κ1) is 22.3. The summed E-state index contributed by atoms with van der Waals surface area (Å²) in [5, 5.41) is 0.674. The minimum atomic E-state index is -3.09. The number of benzene rings is 2. The fraction of sp³-hybridized carbons (Fsp3) is 0.333. The summed E-state index contributed by atoms with van der Waals surface area (Å²) in [6, 6.07) is 9.12. The average Bonchev–Trinajstić information content (AvgIpc) is 2.74. The van der Waals surface area contributed by atoms with Crippen molar-refractivity contribution in [2.24, 2.45) is 5.92 Å². The first-order chi connectivity index (χ1) is 14.3. The lowest BCUT2D eigenvalue weighted by atomic mass is 9.88. The van der Waals surface area contributed by atoms with Gasteiger partial charge in [-0.1, -0.05) is 29.3 Å². The zero-order valence-corrected chi connectivity index (χ0v) is 17.6. The number of alkyl halides is 2. The molecule has 1 amide bonds. The predicted molar refractivity (Wildman–Crippen MR) is 109 cm³/mol. The van der Waals surface area contributed by atoms with Crippen molar-refractivity contribution < 1.29 is 27.8 Å². The van der Waals surface area contributed by atoms with Gasteiger partial charge in [-0.15, -0.1) is 0 Å². The Hall–Kier alpha value is -2.38. The Morgan fingerprint density at radius 2 is 1.80 bits per heavy atom. The number of carbonyl (C=O) groups is 2. The second-order valence-corrected chi connectivity index (χ2v) is 7.59. The number of likely N-dealkylation sites (tertiary alicyclic amines) is 1. The topological polar surface area (TPSA) is 55.8 Å². The van der Waals surface area contributed by atoms with Gasteiger partial charge < -0.3 is 14.4 Å². The van der Waals surface area contributed by atoms with Gasteiger partial charge in [-0.2, -0.15) is 8.78 Å². The number of Topliss-reactive ketones (excluding diaryl/α,β-unsaturated/α-hetero) is 1.